The Hall–Kier alpha value is 0.160. The number of halogens is 2. The van der Waals surface area contributed by atoms with Gasteiger partial charge in [0, 0.05) is 0 Å². The van der Waals surface area contributed by atoms with Crippen LogP contribution in [0.5, 0.6) is 0 Å². The summed E-state index contributed by atoms with van der Waals surface area (Å²) in [7, 11) is 0. The zero-order valence-corrected chi connectivity index (χ0v) is 14.5. The van der Waals surface area contributed by atoms with Crippen LogP contribution in [0.1, 0.15) is 27.7 Å². The van der Waals surface area contributed by atoms with Crippen LogP contribution in [0.2, 0.25) is 0 Å². The van der Waals surface area contributed by atoms with Gasteiger partial charge in [-0.05, 0) is 26.2 Å². The van der Waals surface area contributed by atoms with Crippen LogP contribution in [0.15, 0.2) is 12.2 Å². The van der Waals surface area contributed by atoms with Crippen LogP contribution in [-0.2, 0) is 0 Å². The van der Waals surface area contributed by atoms with Crippen molar-refractivity contribution in [2.45, 2.75) is 52.0 Å². The van der Waals surface area contributed by atoms with Gasteiger partial charge in [0.05, 0.1) is 12.1 Å². The van der Waals surface area contributed by atoms with E-state index in [9.17, 15) is 10.2 Å². The van der Waals surface area contributed by atoms with E-state index in [1.165, 1.54) is 0 Å². The van der Waals surface area contributed by atoms with Crippen LogP contribution in [0.3, 0.4) is 0 Å². The second kappa shape index (κ2) is 10.8. The van der Waals surface area contributed by atoms with Crippen LogP contribution in [0, 0.1) is 0 Å². The van der Waals surface area contributed by atoms with E-state index in [2.05, 4.69) is 37.5 Å². The van der Waals surface area contributed by atoms with Gasteiger partial charge in [0.25, 0.3) is 0 Å². The summed E-state index contributed by atoms with van der Waals surface area (Å²) >= 11 is 0. The third-order valence-electron chi connectivity index (χ3n) is 4.02. The Bertz CT molecular complexity index is 246. The lowest BCUT2D eigenvalue weighted by Gasteiger charge is -2.42. The van der Waals surface area contributed by atoms with Crippen molar-refractivity contribution in [1.82, 2.24) is 9.80 Å². The SMILES string of the molecule is CCN(CC)[C@@H]1C=C[C@@H](N(CC)CC)[C@H](O)[C@H]1O.Cl.Cl. The van der Waals surface area contributed by atoms with E-state index >= 15 is 0 Å². The predicted octanol–water partition coefficient (Wildman–Crippen LogP) is 1.54. The van der Waals surface area contributed by atoms with Gasteiger partial charge in [0.1, 0.15) is 12.2 Å². The standard InChI is InChI=1S/C14H28N2O2.2ClH/c1-5-15(6-2)11-9-10-12(14(18)13(11)17)16(7-3)8-4;;/h9-14,17-18H,5-8H2,1-4H3;2*1H/t11-,12-,13+,14+;;/m1../s1. The van der Waals surface area contributed by atoms with Crippen molar-refractivity contribution in [3.05, 3.63) is 12.2 Å². The fraction of sp³-hybridized carbons (Fsp3) is 0.857. The van der Waals surface area contributed by atoms with Crippen LogP contribution in [-0.4, -0.2) is 70.5 Å². The first-order valence-corrected chi connectivity index (χ1v) is 7.13. The minimum atomic E-state index is -0.708. The molecule has 1 aliphatic rings. The highest BCUT2D eigenvalue weighted by atomic mass is 35.5. The average Bonchev–Trinajstić information content (AvgIpc) is 2.39. The minimum Gasteiger partial charge on any atom is -0.388 e. The predicted molar refractivity (Wildman–Crippen MR) is 89.1 cm³/mol. The van der Waals surface area contributed by atoms with E-state index in [1.807, 2.05) is 12.2 Å². The van der Waals surface area contributed by atoms with Gasteiger partial charge in [0.15, 0.2) is 0 Å². The van der Waals surface area contributed by atoms with E-state index in [0.29, 0.717) is 0 Å². The summed E-state index contributed by atoms with van der Waals surface area (Å²) < 4.78 is 0. The molecule has 0 saturated carbocycles. The molecule has 0 saturated heterocycles. The molecule has 0 unspecified atom stereocenters. The molecule has 0 spiro atoms. The molecule has 0 radical (unpaired) electrons. The summed E-state index contributed by atoms with van der Waals surface area (Å²) in [6, 6.07) is -0.136. The van der Waals surface area contributed by atoms with Crippen molar-refractivity contribution in [3.8, 4) is 0 Å². The van der Waals surface area contributed by atoms with Crippen LogP contribution in [0.4, 0.5) is 0 Å². The van der Waals surface area contributed by atoms with Gasteiger partial charge in [-0.15, -0.1) is 24.8 Å². The van der Waals surface area contributed by atoms with Crippen LogP contribution >= 0.6 is 24.8 Å². The molecule has 0 fully saturated rings. The maximum atomic E-state index is 10.3. The molecule has 4 atom stereocenters. The molecule has 0 bridgehead atoms. The van der Waals surface area contributed by atoms with Crippen molar-refractivity contribution < 1.29 is 10.2 Å². The largest absolute Gasteiger partial charge is 0.388 e. The van der Waals surface area contributed by atoms with Gasteiger partial charge >= 0.3 is 0 Å². The third kappa shape index (κ3) is 4.86. The fourth-order valence-corrected chi connectivity index (χ4v) is 2.83. The second-order valence-electron chi connectivity index (χ2n) is 4.79. The maximum Gasteiger partial charge on any atom is 0.101 e. The lowest BCUT2D eigenvalue weighted by atomic mass is 9.90. The Morgan fingerprint density at radius 3 is 1.15 bits per heavy atom. The molecule has 0 aliphatic heterocycles. The molecule has 2 N–H and O–H groups in total. The highest BCUT2D eigenvalue weighted by molar-refractivity contribution is 5.85. The highest BCUT2D eigenvalue weighted by Crippen LogP contribution is 2.22. The summed E-state index contributed by atoms with van der Waals surface area (Å²) in [6.45, 7) is 11.8. The van der Waals surface area contributed by atoms with Crippen LogP contribution < -0.4 is 0 Å². The molecule has 0 aromatic carbocycles. The molecular weight excluding hydrogens is 299 g/mol. The molecule has 0 heterocycles. The molecule has 1 aliphatic carbocycles. The number of nitrogens with zero attached hydrogens (tertiary/aromatic N) is 2. The smallest absolute Gasteiger partial charge is 0.101 e. The minimum absolute atomic E-state index is 0. The second-order valence-corrected chi connectivity index (χ2v) is 4.79. The normalized spacial score (nSPS) is 29.2. The number of aliphatic hydroxyl groups is 2. The Morgan fingerprint density at radius 2 is 0.950 bits per heavy atom. The molecule has 4 nitrogen and oxygen atoms in total. The molecular formula is C14H30Cl2N2O2. The lowest BCUT2D eigenvalue weighted by molar-refractivity contribution is -0.0598. The van der Waals surface area contributed by atoms with Gasteiger partial charge < -0.3 is 10.2 Å². The Kier molecular flexibility index (Phi) is 12.1. The van der Waals surface area contributed by atoms with E-state index in [4.69, 9.17) is 0 Å². The monoisotopic (exact) mass is 328 g/mol. The summed E-state index contributed by atoms with van der Waals surface area (Å²) in [5.41, 5.74) is 0. The number of likely N-dealkylation sites (N-methyl/N-ethyl adjacent to an activating group) is 2. The summed E-state index contributed by atoms with van der Waals surface area (Å²) in [4.78, 5) is 4.34. The molecule has 0 aromatic heterocycles. The summed E-state index contributed by atoms with van der Waals surface area (Å²) in [5, 5.41) is 20.6. The fourth-order valence-electron chi connectivity index (χ4n) is 2.83. The molecule has 6 heteroatoms. The van der Waals surface area contributed by atoms with Crippen LogP contribution in [0.25, 0.3) is 0 Å². The molecule has 1 rings (SSSR count). The number of aliphatic hydroxyl groups excluding tert-OH is 2. The van der Waals surface area contributed by atoms with Crippen molar-refractivity contribution >= 4 is 24.8 Å². The summed E-state index contributed by atoms with van der Waals surface area (Å²) in [6.07, 6.45) is 2.68. The quantitative estimate of drug-likeness (QED) is 0.726. The molecule has 0 aromatic rings. The zero-order valence-electron chi connectivity index (χ0n) is 12.9. The lowest BCUT2D eigenvalue weighted by Crippen LogP contribution is -2.57. The van der Waals surface area contributed by atoms with Gasteiger partial charge in [-0.1, -0.05) is 39.8 Å². The topological polar surface area (TPSA) is 46.9 Å². The van der Waals surface area contributed by atoms with E-state index in [0.717, 1.165) is 26.2 Å². The average molecular weight is 329 g/mol. The first-order chi connectivity index (χ1) is 8.60. The van der Waals surface area contributed by atoms with Gasteiger partial charge in [0.2, 0.25) is 0 Å². The highest BCUT2D eigenvalue weighted by Gasteiger charge is 2.37. The van der Waals surface area contributed by atoms with Gasteiger partial charge in [-0.25, -0.2) is 0 Å². The Balaban J connectivity index is 0. The van der Waals surface area contributed by atoms with E-state index in [1.54, 1.807) is 0 Å². The van der Waals surface area contributed by atoms with Gasteiger partial charge in [-0.3, -0.25) is 9.80 Å². The van der Waals surface area contributed by atoms with Crippen molar-refractivity contribution in [2.75, 3.05) is 26.2 Å². The number of hydrogen-bond acceptors (Lipinski definition) is 4. The maximum absolute atomic E-state index is 10.3. The number of rotatable bonds is 6. The Labute approximate surface area is 135 Å². The van der Waals surface area contributed by atoms with Crippen molar-refractivity contribution in [2.24, 2.45) is 0 Å². The van der Waals surface area contributed by atoms with Gasteiger partial charge in [-0.2, -0.15) is 0 Å². The van der Waals surface area contributed by atoms with Crippen molar-refractivity contribution in [1.29, 1.82) is 0 Å². The molecule has 20 heavy (non-hydrogen) atoms. The first-order valence-electron chi connectivity index (χ1n) is 7.13. The Morgan fingerprint density at radius 1 is 0.700 bits per heavy atom. The van der Waals surface area contributed by atoms with E-state index in [-0.39, 0.29) is 36.9 Å². The third-order valence-corrected chi connectivity index (χ3v) is 4.02. The van der Waals surface area contributed by atoms with Crippen molar-refractivity contribution in [3.63, 3.8) is 0 Å². The zero-order chi connectivity index (χ0) is 13.7. The first kappa shape index (κ1) is 22.4. The van der Waals surface area contributed by atoms with E-state index < -0.39 is 12.2 Å². The molecule has 0 amide bonds. The number of hydrogen-bond donors (Lipinski definition) is 2. The molecule has 122 valence electrons. The summed E-state index contributed by atoms with van der Waals surface area (Å²) in [5.74, 6) is 0.